The zero-order chi connectivity index (χ0) is 25.9. The standard InChI is InChI=1S/C31H31N5O2/c1-35-14-15-36(29-7-3-2-5-25(29)20-35)31(37)24-8-10-27(22-9-11-28-23(17-22)12-13-33-28)30(18-24)38-16-4-6-26-19-32-21-34-26/h2-3,5,7-13,17-19,21,33H,4,6,14-16,20H2,1H3,(H,32,34). The van der Waals surface area contributed by atoms with Crippen molar-refractivity contribution in [1.82, 2.24) is 19.9 Å². The molecule has 3 heterocycles. The van der Waals surface area contributed by atoms with Gasteiger partial charge in [-0.15, -0.1) is 0 Å². The second-order valence-corrected chi connectivity index (χ2v) is 9.84. The molecule has 0 bridgehead atoms. The number of carbonyl (C=O) groups excluding carboxylic acids is 1. The van der Waals surface area contributed by atoms with E-state index in [9.17, 15) is 4.79 Å². The minimum Gasteiger partial charge on any atom is -0.493 e. The Morgan fingerprint density at radius 1 is 1.03 bits per heavy atom. The number of aromatic nitrogens is 3. The van der Waals surface area contributed by atoms with Gasteiger partial charge in [0.1, 0.15) is 5.75 Å². The molecule has 0 atom stereocenters. The number of ether oxygens (including phenoxy) is 1. The van der Waals surface area contributed by atoms with E-state index in [4.69, 9.17) is 4.74 Å². The van der Waals surface area contributed by atoms with Crippen LogP contribution in [0.2, 0.25) is 0 Å². The van der Waals surface area contributed by atoms with Crippen molar-refractivity contribution in [2.24, 2.45) is 0 Å². The molecule has 1 aliphatic heterocycles. The highest BCUT2D eigenvalue weighted by molar-refractivity contribution is 6.07. The molecule has 1 amide bonds. The van der Waals surface area contributed by atoms with E-state index in [1.54, 1.807) is 6.33 Å². The molecule has 7 heteroatoms. The van der Waals surface area contributed by atoms with Crippen LogP contribution in [-0.2, 0) is 13.0 Å². The molecule has 0 fully saturated rings. The molecule has 6 rings (SSSR count). The van der Waals surface area contributed by atoms with Gasteiger partial charge in [-0.2, -0.15) is 0 Å². The smallest absolute Gasteiger partial charge is 0.258 e. The minimum atomic E-state index is -0.0114. The Hall–Kier alpha value is -4.36. The summed E-state index contributed by atoms with van der Waals surface area (Å²) in [5, 5.41) is 1.14. The zero-order valence-corrected chi connectivity index (χ0v) is 21.5. The number of hydrogen-bond acceptors (Lipinski definition) is 4. The van der Waals surface area contributed by atoms with Crippen molar-refractivity contribution in [1.29, 1.82) is 0 Å². The fraction of sp³-hybridized carbons (Fsp3) is 0.226. The van der Waals surface area contributed by atoms with E-state index >= 15 is 0 Å². The highest BCUT2D eigenvalue weighted by atomic mass is 16.5. The maximum atomic E-state index is 13.9. The lowest BCUT2D eigenvalue weighted by molar-refractivity contribution is 0.0985. The Bertz CT molecular complexity index is 1560. The van der Waals surface area contributed by atoms with Crippen molar-refractivity contribution in [3.63, 3.8) is 0 Å². The van der Waals surface area contributed by atoms with Crippen molar-refractivity contribution >= 4 is 22.5 Å². The van der Waals surface area contributed by atoms with E-state index in [0.717, 1.165) is 70.7 Å². The van der Waals surface area contributed by atoms with Gasteiger partial charge in [-0.1, -0.05) is 24.3 Å². The Morgan fingerprint density at radius 2 is 1.95 bits per heavy atom. The van der Waals surface area contributed by atoms with Crippen molar-refractivity contribution < 1.29 is 9.53 Å². The summed E-state index contributed by atoms with van der Waals surface area (Å²) < 4.78 is 6.35. The zero-order valence-electron chi connectivity index (χ0n) is 21.5. The molecule has 0 saturated heterocycles. The van der Waals surface area contributed by atoms with Crippen molar-refractivity contribution in [2.75, 3.05) is 31.6 Å². The lowest BCUT2D eigenvalue weighted by Crippen LogP contribution is -2.35. The summed E-state index contributed by atoms with van der Waals surface area (Å²) in [7, 11) is 2.09. The van der Waals surface area contributed by atoms with Crippen LogP contribution >= 0.6 is 0 Å². The van der Waals surface area contributed by atoms with Gasteiger partial charge >= 0.3 is 0 Å². The number of imidazole rings is 1. The van der Waals surface area contributed by atoms with Gasteiger partial charge in [0.2, 0.25) is 0 Å². The molecule has 0 radical (unpaired) electrons. The van der Waals surface area contributed by atoms with Gasteiger partial charge in [0.25, 0.3) is 5.91 Å². The summed E-state index contributed by atoms with van der Waals surface area (Å²) >= 11 is 0. The molecule has 0 aliphatic carbocycles. The van der Waals surface area contributed by atoms with Crippen LogP contribution < -0.4 is 9.64 Å². The number of amides is 1. The van der Waals surface area contributed by atoms with Crippen LogP contribution in [0, 0.1) is 0 Å². The number of nitrogens with one attached hydrogen (secondary N) is 2. The third-order valence-electron chi connectivity index (χ3n) is 7.17. The predicted molar refractivity (Wildman–Crippen MR) is 151 cm³/mol. The van der Waals surface area contributed by atoms with Crippen LogP contribution in [-0.4, -0.2) is 52.5 Å². The molecule has 3 aromatic carbocycles. The molecular formula is C31H31N5O2. The first-order valence-corrected chi connectivity index (χ1v) is 13.1. The quantitative estimate of drug-likeness (QED) is 0.280. The number of rotatable bonds is 7. The van der Waals surface area contributed by atoms with Crippen LogP contribution in [0.25, 0.3) is 22.0 Å². The van der Waals surface area contributed by atoms with Crippen LogP contribution in [0.3, 0.4) is 0 Å². The fourth-order valence-corrected chi connectivity index (χ4v) is 5.14. The average Bonchev–Trinajstić information content (AvgIpc) is 3.60. The van der Waals surface area contributed by atoms with E-state index < -0.39 is 0 Å². The lowest BCUT2D eigenvalue weighted by Gasteiger charge is -2.23. The summed E-state index contributed by atoms with van der Waals surface area (Å²) in [6, 6.07) is 22.4. The number of likely N-dealkylation sites (N-methyl/N-ethyl adjacent to an activating group) is 1. The van der Waals surface area contributed by atoms with Gasteiger partial charge in [0.15, 0.2) is 0 Å². The Balaban J connectivity index is 1.31. The van der Waals surface area contributed by atoms with Crippen molar-refractivity contribution in [3.8, 4) is 16.9 Å². The molecule has 0 unspecified atom stereocenters. The van der Waals surface area contributed by atoms with Gasteiger partial charge in [0.05, 0.1) is 12.9 Å². The lowest BCUT2D eigenvalue weighted by atomic mass is 10.0. The van der Waals surface area contributed by atoms with Crippen molar-refractivity contribution in [2.45, 2.75) is 19.4 Å². The number of aryl methyl sites for hydroxylation is 1. The molecule has 5 aromatic rings. The number of H-pyrrole nitrogens is 2. The van der Waals surface area contributed by atoms with Gasteiger partial charge < -0.3 is 24.5 Å². The molecule has 192 valence electrons. The first-order valence-electron chi connectivity index (χ1n) is 13.1. The third kappa shape index (κ3) is 4.93. The number of benzene rings is 3. The number of anilines is 1. The maximum Gasteiger partial charge on any atom is 0.258 e. The fourth-order valence-electron chi connectivity index (χ4n) is 5.14. The Labute approximate surface area is 222 Å². The van der Waals surface area contributed by atoms with Crippen molar-refractivity contribution in [3.05, 3.63) is 102 Å². The second kappa shape index (κ2) is 10.6. The van der Waals surface area contributed by atoms with Crippen LogP contribution in [0.5, 0.6) is 5.75 Å². The summed E-state index contributed by atoms with van der Waals surface area (Å²) in [5.41, 5.74) is 6.97. The summed E-state index contributed by atoms with van der Waals surface area (Å²) in [4.78, 5) is 28.5. The Morgan fingerprint density at radius 3 is 2.84 bits per heavy atom. The minimum absolute atomic E-state index is 0.0114. The molecule has 7 nitrogen and oxygen atoms in total. The molecule has 2 N–H and O–H groups in total. The Kier molecular flexibility index (Phi) is 6.67. The topological polar surface area (TPSA) is 77.2 Å². The van der Waals surface area contributed by atoms with E-state index in [1.165, 1.54) is 0 Å². The van der Waals surface area contributed by atoms with Gasteiger partial charge in [-0.3, -0.25) is 4.79 Å². The molecule has 2 aromatic heterocycles. The van der Waals surface area contributed by atoms with Gasteiger partial charge in [0, 0.05) is 60.1 Å². The predicted octanol–water partition coefficient (Wildman–Crippen LogP) is 5.66. The number of hydrogen-bond donors (Lipinski definition) is 2. The summed E-state index contributed by atoms with van der Waals surface area (Å²) in [6.07, 6.45) is 7.16. The van der Waals surface area contributed by atoms with E-state index in [-0.39, 0.29) is 5.91 Å². The summed E-state index contributed by atoms with van der Waals surface area (Å²) in [5.74, 6) is 0.707. The first-order chi connectivity index (χ1) is 18.7. The number of aromatic amines is 2. The first kappa shape index (κ1) is 24.0. The average molecular weight is 506 g/mol. The number of fused-ring (bicyclic) bond motifs is 2. The molecule has 0 saturated carbocycles. The van der Waals surface area contributed by atoms with E-state index in [1.807, 2.05) is 53.7 Å². The monoisotopic (exact) mass is 505 g/mol. The largest absolute Gasteiger partial charge is 0.493 e. The van der Waals surface area contributed by atoms with E-state index in [2.05, 4.69) is 57.2 Å². The normalized spacial score (nSPS) is 13.9. The second-order valence-electron chi connectivity index (χ2n) is 9.84. The van der Waals surface area contributed by atoms with Crippen LogP contribution in [0.4, 0.5) is 5.69 Å². The number of nitrogens with zero attached hydrogens (tertiary/aromatic N) is 3. The maximum absolute atomic E-state index is 13.9. The highest BCUT2D eigenvalue weighted by Crippen LogP contribution is 2.34. The molecule has 38 heavy (non-hydrogen) atoms. The SMILES string of the molecule is CN1CCN(C(=O)c2ccc(-c3ccc4[nH]ccc4c3)c(OCCCc3cnc[nH]3)c2)c2ccccc2C1. The molecule has 0 spiro atoms. The summed E-state index contributed by atoms with van der Waals surface area (Å²) in [6.45, 7) is 2.81. The third-order valence-corrected chi connectivity index (χ3v) is 7.17. The molecule has 1 aliphatic rings. The molecular weight excluding hydrogens is 474 g/mol. The van der Waals surface area contributed by atoms with Crippen LogP contribution in [0.1, 0.15) is 28.0 Å². The van der Waals surface area contributed by atoms with Gasteiger partial charge in [-0.05, 0) is 78.9 Å². The van der Waals surface area contributed by atoms with E-state index in [0.29, 0.717) is 18.7 Å². The highest BCUT2D eigenvalue weighted by Gasteiger charge is 2.24. The number of carbonyl (C=O) groups is 1. The van der Waals surface area contributed by atoms with Gasteiger partial charge in [-0.25, -0.2) is 4.98 Å². The van der Waals surface area contributed by atoms with Crippen LogP contribution in [0.15, 0.2) is 85.5 Å². The number of para-hydroxylation sites is 1.